The van der Waals surface area contributed by atoms with Gasteiger partial charge in [-0.25, -0.2) is 4.39 Å². The monoisotopic (exact) mass is 271 g/mol. The molecule has 2 rings (SSSR count). The minimum Gasteiger partial charge on any atom is -0.309 e. The highest BCUT2D eigenvalue weighted by Crippen LogP contribution is 2.44. The van der Waals surface area contributed by atoms with E-state index in [0.717, 1.165) is 12.1 Å². The molecule has 3 heteroatoms. The summed E-state index contributed by atoms with van der Waals surface area (Å²) in [4.78, 5) is 0. The van der Waals surface area contributed by atoms with Crippen molar-refractivity contribution in [1.29, 1.82) is 0 Å². The first-order valence-corrected chi connectivity index (χ1v) is 5.96. The van der Waals surface area contributed by atoms with Gasteiger partial charge in [0.15, 0.2) is 0 Å². The fourth-order valence-electron chi connectivity index (χ4n) is 1.71. The lowest BCUT2D eigenvalue weighted by Crippen LogP contribution is -2.19. The average molecular weight is 272 g/mol. The lowest BCUT2D eigenvalue weighted by Gasteiger charge is -2.07. The molecule has 0 radical (unpaired) electrons. The topological polar surface area (TPSA) is 12.0 Å². The molecule has 1 aromatic carbocycles. The molecule has 0 aliphatic heterocycles. The van der Waals surface area contributed by atoms with E-state index < -0.39 is 0 Å². The van der Waals surface area contributed by atoms with Crippen molar-refractivity contribution in [3.05, 3.63) is 34.1 Å². The van der Waals surface area contributed by atoms with E-state index in [1.54, 1.807) is 0 Å². The quantitative estimate of drug-likeness (QED) is 0.888. The predicted octanol–water partition coefficient (Wildman–Crippen LogP) is 3.48. The third-order valence-corrected chi connectivity index (χ3v) is 3.66. The van der Waals surface area contributed by atoms with Crippen LogP contribution in [0.15, 0.2) is 22.7 Å². The van der Waals surface area contributed by atoms with Crippen LogP contribution in [0.3, 0.4) is 0 Å². The van der Waals surface area contributed by atoms with Gasteiger partial charge in [0.05, 0.1) is 4.47 Å². The maximum Gasteiger partial charge on any atom is 0.137 e. The lowest BCUT2D eigenvalue weighted by atomic mass is 10.2. The highest BCUT2D eigenvalue weighted by atomic mass is 79.9. The van der Waals surface area contributed by atoms with Crippen LogP contribution in [0, 0.1) is 11.2 Å². The van der Waals surface area contributed by atoms with Crippen LogP contribution >= 0.6 is 15.9 Å². The van der Waals surface area contributed by atoms with Crippen LogP contribution in [0.4, 0.5) is 4.39 Å². The lowest BCUT2D eigenvalue weighted by molar-refractivity contribution is 0.541. The van der Waals surface area contributed by atoms with E-state index in [4.69, 9.17) is 0 Å². The summed E-state index contributed by atoms with van der Waals surface area (Å²) in [7, 11) is 0. The zero-order chi connectivity index (χ0) is 11.1. The SMILES string of the molecule is CC1(C)CC1NCc1ccc(F)c(Br)c1. The standard InChI is InChI=1S/C12H15BrFN/c1-12(2)6-11(12)15-7-8-3-4-10(14)9(13)5-8/h3-5,11,15H,6-7H2,1-2H3. The van der Waals surface area contributed by atoms with E-state index >= 15 is 0 Å². The van der Waals surface area contributed by atoms with Crippen LogP contribution in [0.1, 0.15) is 25.8 Å². The van der Waals surface area contributed by atoms with Gasteiger partial charge in [-0.1, -0.05) is 19.9 Å². The summed E-state index contributed by atoms with van der Waals surface area (Å²) in [5, 5.41) is 3.47. The van der Waals surface area contributed by atoms with Crippen LogP contribution in [0.2, 0.25) is 0 Å². The van der Waals surface area contributed by atoms with Crippen molar-refractivity contribution in [3.63, 3.8) is 0 Å². The number of halogens is 2. The number of rotatable bonds is 3. The molecule has 0 heterocycles. The van der Waals surface area contributed by atoms with E-state index in [-0.39, 0.29) is 5.82 Å². The summed E-state index contributed by atoms with van der Waals surface area (Å²) >= 11 is 3.19. The Morgan fingerprint density at radius 1 is 1.53 bits per heavy atom. The Kier molecular flexibility index (Phi) is 2.86. The Hall–Kier alpha value is -0.410. The Morgan fingerprint density at radius 2 is 2.20 bits per heavy atom. The minimum absolute atomic E-state index is 0.203. The van der Waals surface area contributed by atoms with Gasteiger partial charge >= 0.3 is 0 Å². The molecule has 1 fully saturated rings. The van der Waals surface area contributed by atoms with Crippen LogP contribution in [-0.2, 0) is 6.54 Å². The van der Waals surface area contributed by atoms with Crippen LogP contribution in [0.5, 0.6) is 0 Å². The highest BCUT2D eigenvalue weighted by Gasteiger charge is 2.44. The number of hydrogen-bond donors (Lipinski definition) is 1. The average Bonchev–Trinajstić information content (AvgIpc) is 2.77. The molecule has 0 aromatic heterocycles. The molecule has 1 nitrogen and oxygen atoms in total. The van der Waals surface area contributed by atoms with Crippen LogP contribution in [0.25, 0.3) is 0 Å². The molecule has 15 heavy (non-hydrogen) atoms. The fraction of sp³-hybridized carbons (Fsp3) is 0.500. The summed E-state index contributed by atoms with van der Waals surface area (Å²) < 4.78 is 13.5. The van der Waals surface area contributed by atoms with Gasteiger partial charge in [0, 0.05) is 12.6 Å². The van der Waals surface area contributed by atoms with E-state index in [1.165, 1.54) is 12.5 Å². The van der Waals surface area contributed by atoms with Crippen molar-refractivity contribution in [2.45, 2.75) is 32.9 Å². The molecule has 1 aliphatic rings. The zero-order valence-corrected chi connectivity index (χ0v) is 10.6. The normalized spacial score (nSPS) is 22.8. The molecule has 0 amide bonds. The molecule has 1 aromatic rings. The Bertz CT molecular complexity index is 376. The van der Waals surface area contributed by atoms with Crippen molar-refractivity contribution < 1.29 is 4.39 Å². The number of hydrogen-bond acceptors (Lipinski definition) is 1. The van der Waals surface area contributed by atoms with Gasteiger partial charge in [-0.3, -0.25) is 0 Å². The second-order valence-corrected chi connectivity index (χ2v) is 5.73. The molecular formula is C12H15BrFN. The molecule has 1 saturated carbocycles. The largest absolute Gasteiger partial charge is 0.309 e. The van der Waals surface area contributed by atoms with E-state index in [9.17, 15) is 4.39 Å². The maximum absolute atomic E-state index is 13.0. The van der Waals surface area contributed by atoms with Gasteiger partial charge in [0.1, 0.15) is 5.82 Å². The molecule has 0 spiro atoms. The van der Waals surface area contributed by atoms with Gasteiger partial charge in [0.25, 0.3) is 0 Å². The van der Waals surface area contributed by atoms with Crippen LogP contribution < -0.4 is 5.32 Å². The van der Waals surface area contributed by atoms with Crippen molar-refractivity contribution in [1.82, 2.24) is 5.32 Å². The summed E-state index contributed by atoms with van der Waals surface area (Å²) in [6.07, 6.45) is 1.23. The van der Waals surface area contributed by atoms with Gasteiger partial charge in [-0.2, -0.15) is 0 Å². The van der Waals surface area contributed by atoms with Crippen molar-refractivity contribution >= 4 is 15.9 Å². The van der Waals surface area contributed by atoms with Crippen molar-refractivity contribution in [2.75, 3.05) is 0 Å². The second-order valence-electron chi connectivity index (χ2n) is 4.87. The predicted molar refractivity (Wildman–Crippen MR) is 63.1 cm³/mol. The first-order chi connectivity index (χ1) is 6.99. The third kappa shape index (κ3) is 2.58. The van der Waals surface area contributed by atoms with Crippen molar-refractivity contribution in [2.24, 2.45) is 5.41 Å². The highest BCUT2D eigenvalue weighted by molar-refractivity contribution is 9.10. The van der Waals surface area contributed by atoms with Gasteiger partial charge in [0.2, 0.25) is 0 Å². The summed E-state index contributed by atoms with van der Waals surface area (Å²) in [6.45, 7) is 5.32. The van der Waals surface area contributed by atoms with Gasteiger partial charge in [-0.15, -0.1) is 0 Å². The smallest absolute Gasteiger partial charge is 0.137 e. The van der Waals surface area contributed by atoms with Gasteiger partial charge < -0.3 is 5.32 Å². The molecule has 0 bridgehead atoms. The van der Waals surface area contributed by atoms with Gasteiger partial charge in [-0.05, 0) is 45.5 Å². The number of nitrogens with one attached hydrogen (secondary N) is 1. The zero-order valence-electron chi connectivity index (χ0n) is 8.98. The molecule has 1 N–H and O–H groups in total. The molecular weight excluding hydrogens is 257 g/mol. The maximum atomic E-state index is 13.0. The molecule has 1 unspecified atom stereocenters. The first kappa shape index (κ1) is 11.1. The second kappa shape index (κ2) is 3.87. The first-order valence-electron chi connectivity index (χ1n) is 5.16. The Balaban J connectivity index is 1.92. The Labute approximate surface area is 98.2 Å². The number of benzene rings is 1. The molecule has 0 saturated heterocycles. The minimum atomic E-state index is -0.203. The van der Waals surface area contributed by atoms with E-state index in [1.807, 2.05) is 12.1 Å². The fourth-order valence-corrected chi connectivity index (χ4v) is 2.13. The van der Waals surface area contributed by atoms with E-state index in [2.05, 4.69) is 35.1 Å². The van der Waals surface area contributed by atoms with E-state index in [0.29, 0.717) is 15.9 Å². The summed E-state index contributed by atoms with van der Waals surface area (Å²) in [5.74, 6) is -0.203. The molecule has 82 valence electrons. The Morgan fingerprint density at radius 3 is 2.73 bits per heavy atom. The summed E-state index contributed by atoms with van der Waals surface area (Å²) in [5.41, 5.74) is 1.56. The molecule has 1 atom stereocenters. The third-order valence-electron chi connectivity index (χ3n) is 3.05. The summed E-state index contributed by atoms with van der Waals surface area (Å²) in [6, 6.07) is 5.76. The van der Waals surface area contributed by atoms with Crippen molar-refractivity contribution in [3.8, 4) is 0 Å². The van der Waals surface area contributed by atoms with Crippen LogP contribution in [-0.4, -0.2) is 6.04 Å². The molecule has 1 aliphatic carbocycles.